The van der Waals surface area contributed by atoms with Crippen molar-refractivity contribution in [3.63, 3.8) is 0 Å². The normalized spacial score (nSPS) is 16.6. The topological polar surface area (TPSA) is 70.0 Å². The number of hydrogen-bond donors (Lipinski definition) is 1. The Morgan fingerprint density at radius 2 is 1.95 bits per heavy atom. The number of nitrogens with one attached hydrogen (secondary N) is 1. The van der Waals surface area contributed by atoms with Gasteiger partial charge in [0.2, 0.25) is 5.91 Å². The molecule has 1 atom stereocenters. The maximum atomic E-state index is 12.0. The van der Waals surface area contributed by atoms with E-state index in [1.807, 2.05) is 6.07 Å². The maximum Gasteiger partial charge on any atom is 0.225 e. The van der Waals surface area contributed by atoms with Crippen molar-refractivity contribution in [1.29, 1.82) is 5.26 Å². The molecule has 0 bridgehead atoms. The van der Waals surface area contributed by atoms with Gasteiger partial charge in [0.25, 0.3) is 0 Å². The number of anilines is 1. The van der Waals surface area contributed by atoms with E-state index in [2.05, 4.69) is 5.32 Å². The van der Waals surface area contributed by atoms with Crippen molar-refractivity contribution in [3.8, 4) is 6.07 Å². The van der Waals surface area contributed by atoms with Crippen LogP contribution in [0.15, 0.2) is 24.3 Å². The largest absolute Gasteiger partial charge is 0.326 e. The minimum Gasteiger partial charge on any atom is -0.326 e. The van der Waals surface area contributed by atoms with Crippen LogP contribution in [0.3, 0.4) is 0 Å². The first-order valence-electron chi connectivity index (χ1n) is 6.86. The molecule has 0 saturated heterocycles. The second-order valence-corrected chi connectivity index (χ2v) is 6.82. The van der Waals surface area contributed by atoms with E-state index >= 15 is 0 Å². The van der Waals surface area contributed by atoms with Crippen LogP contribution in [0, 0.1) is 11.3 Å². The van der Waals surface area contributed by atoms with Gasteiger partial charge in [0.15, 0.2) is 0 Å². The molecule has 0 aromatic heterocycles. The first kappa shape index (κ1) is 14.7. The van der Waals surface area contributed by atoms with Gasteiger partial charge in [-0.25, -0.2) is 0 Å². The van der Waals surface area contributed by atoms with E-state index in [9.17, 15) is 9.00 Å². The molecule has 1 aromatic rings. The Morgan fingerprint density at radius 1 is 1.30 bits per heavy atom. The summed E-state index contributed by atoms with van der Waals surface area (Å²) in [6.45, 7) is 0. The fourth-order valence-electron chi connectivity index (χ4n) is 2.36. The molecular formula is C15H18N2O2S. The zero-order valence-electron chi connectivity index (χ0n) is 11.3. The number of nitrogens with zero attached hydrogens (tertiary/aromatic N) is 1. The molecule has 0 spiro atoms. The van der Waals surface area contributed by atoms with Gasteiger partial charge in [0, 0.05) is 33.9 Å². The van der Waals surface area contributed by atoms with Gasteiger partial charge in [-0.1, -0.05) is 12.8 Å². The Kier molecular flexibility index (Phi) is 5.31. The van der Waals surface area contributed by atoms with E-state index in [4.69, 9.17) is 5.26 Å². The molecular weight excluding hydrogens is 272 g/mol. The van der Waals surface area contributed by atoms with Crippen LogP contribution in [0.2, 0.25) is 0 Å². The molecule has 0 aliphatic heterocycles. The summed E-state index contributed by atoms with van der Waals surface area (Å²) in [5, 5.41) is 11.7. The van der Waals surface area contributed by atoms with Gasteiger partial charge >= 0.3 is 0 Å². The molecule has 5 heteroatoms. The second kappa shape index (κ2) is 7.20. The van der Waals surface area contributed by atoms with E-state index in [1.165, 1.54) is 0 Å². The SMILES string of the molecule is N#Cc1ccc(NC(=O)CCS(=O)C2CCCC2)cc1. The summed E-state index contributed by atoms with van der Waals surface area (Å²) in [6.07, 6.45) is 4.67. The molecule has 2 rings (SSSR count). The first-order valence-corrected chi connectivity index (χ1v) is 8.24. The van der Waals surface area contributed by atoms with Gasteiger partial charge in [0.1, 0.15) is 0 Å². The smallest absolute Gasteiger partial charge is 0.225 e. The van der Waals surface area contributed by atoms with Gasteiger partial charge in [-0.3, -0.25) is 9.00 Å². The Hall–Kier alpha value is -1.67. The highest BCUT2D eigenvalue weighted by molar-refractivity contribution is 7.85. The zero-order chi connectivity index (χ0) is 14.4. The summed E-state index contributed by atoms with van der Waals surface area (Å²) in [4.78, 5) is 11.8. The Labute approximate surface area is 121 Å². The van der Waals surface area contributed by atoms with E-state index in [0.29, 0.717) is 17.0 Å². The van der Waals surface area contributed by atoms with Crippen LogP contribution in [-0.4, -0.2) is 21.1 Å². The minimum atomic E-state index is -0.883. The van der Waals surface area contributed by atoms with Gasteiger partial charge in [0.05, 0.1) is 11.6 Å². The lowest BCUT2D eigenvalue weighted by Gasteiger charge is -2.09. The van der Waals surface area contributed by atoms with Crippen molar-refractivity contribution < 1.29 is 9.00 Å². The van der Waals surface area contributed by atoms with Gasteiger partial charge in [-0.05, 0) is 37.1 Å². The predicted molar refractivity (Wildman–Crippen MR) is 79.7 cm³/mol. The molecule has 0 heterocycles. The van der Waals surface area contributed by atoms with Crippen molar-refractivity contribution in [2.45, 2.75) is 37.4 Å². The van der Waals surface area contributed by atoms with Crippen LogP contribution in [0.4, 0.5) is 5.69 Å². The number of carbonyl (C=O) groups is 1. The highest BCUT2D eigenvalue weighted by Crippen LogP contribution is 2.23. The molecule has 4 nitrogen and oxygen atoms in total. The second-order valence-electron chi connectivity index (χ2n) is 4.98. The van der Waals surface area contributed by atoms with Crippen molar-refractivity contribution in [1.82, 2.24) is 0 Å². The summed E-state index contributed by atoms with van der Waals surface area (Å²) < 4.78 is 12.0. The third kappa shape index (κ3) is 4.17. The summed E-state index contributed by atoms with van der Waals surface area (Å²) >= 11 is 0. The Balaban J connectivity index is 1.77. The molecule has 106 valence electrons. The number of hydrogen-bond acceptors (Lipinski definition) is 3. The lowest BCUT2D eigenvalue weighted by molar-refractivity contribution is -0.115. The summed E-state index contributed by atoms with van der Waals surface area (Å²) in [5.41, 5.74) is 1.23. The van der Waals surface area contributed by atoms with Crippen LogP contribution in [0.25, 0.3) is 0 Å². The number of rotatable bonds is 5. The van der Waals surface area contributed by atoms with Crippen molar-refractivity contribution in [2.75, 3.05) is 11.1 Å². The highest BCUT2D eigenvalue weighted by Gasteiger charge is 2.21. The number of amides is 1. The fraction of sp³-hybridized carbons (Fsp3) is 0.467. The van der Waals surface area contributed by atoms with Crippen LogP contribution >= 0.6 is 0 Å². The molecule has 20 heavy (non-hydrogen) atoms. The van der Waals surface area contributed by atoms with Crippen molar-refractivity contribution >= 4 is 22.4 Å². The van der Waals surface area contributed by atoms with Gasteiger partial charge < -0.3 is 5.32 Å². The van der Waals surface area contributed by atoms with Gasteiger partial charge in [-0.15, -0.1) is 0 Å². The monoisotopic (exact) mass is 290 g/mol. The lowest BCUT2D eigenvalue weighted by Crippen LogP contribution is -2.19. The Morgan fingerprint density at radius 3 is 2.55 bits per heavy atom. The molecule has 1 fully saturated rings. The average Bonchev–Trinajstić information content (AvgIpc) is 3.00. The van der Waals surface area contributed by atoms with Gasteiger partial charge in [-0.2, -0.15) is 5.26 Å². The fourth-order valence-corrected chi connectivity index (χ4v) is 3.94. The quantitative estimate of drug-likeness (QED) is 0.906. The standard InChI is InChI=1S/C15H18N2O2S/c16-11-12-5-7-13(8-6-12)17-15(18)9-10-20(19)14-3-1-2-4-14/h5-8,14H,1-4,9-10H2,(H,17,18). The van der Waals surface area contributed by atoms with E-state index < -0.39 is 10.8 Å². The molecule has 1 saturated carbocycles. The lowest BCUT2D eigenvalue weighted by atomic mass is 10.2. The zero-order valence-corrected chi connectivity index (χ0v) is 12.1. The number of carbonyl (C=O) groups excluding carboxylic acids is 1. The molecule has 1 aliphatic carbocycles. The third-order valence-electron chi connectivity index (χ3n) is 3.50. The predicted octanol–water partition coefficient (Wildman–Crippen LogP) is 2.58. The van der Waals surface area contributed by atoms with Crippen LogP contribution in [-0.2, 0) is 15.6 Å². The molecule has 1 N–H and O–H groups in total. The van der Waals surface area contributed by atoms with E-state index in [1.54, 1.807) is 24.3 Å². The number of nitriles is 1. The third-order valence-corrected chi connectivity index (χ3v) is 5.32. The van der Waals surface area contributed by atoms with Crippen LogP contribution in [0.1, 0.15) is 37.7 Å². The average molecular weight is 290 g/mol. The molecule has 1 aromatic carbocycles. The first-order chi connectivity index (χ1) is 9.69. The molecule has 1 aliphatic rings. The summed E-state index contributed by atoms with van der Waals surface area (Å²) in [7, 11) is -0.883. The number of benzene rings is 1. The Bertz CT molecular complexity index is 528. The van der Waals surface area contributed by atoms with Crippen molar-refractivity contribution in [2.24, 2.45) is 0 Å². The molecule has 0 radical (unpaired) electrons. The molecule has 1 amide bonds. The van der Waals surface area contributed by atoms with Crippen LogP contribution < -0.4 is 5.32 Å². The van der Waals surface area contributed by atoms with E-state index in [-0.39, 0.29) is 17.6 Å². The summed E-state index contributed by atoms with van der Waals surface area (Å²) in [6, 6.07) is 8.74. The minimum absolute atomic E-state index is 0.124. The molecule has 1 unspecified atom stereocenters. The highest BCUT2D eigenvalue weighted by atomic mass is 32.2. The maximum absolute atomic E-state index is 12.0. The van der Waals surface area contributed by atoms with E-state index in [0.717, 1.165) is 25.7 Å². The van der Waals surface area contributed by atoms with Crippen LogP contribution in [0.5, 0.6) is 0 Å². The summed E-state index contributed by atoms with van der Waals surface area (Å²) in [5.74, 6) is 0.313. The van der Waals surface area contributed by atoms with Crippen molar-refractivity contribution in [3.05, 3.63) is 29.8 Å².